The Labute approximate surface area is 102 Å². The molecule has 0 atom stereocenters. The SMILES string of the molecule is Cl.Cn1nccc1S(=O)(=O)NC(C)(C)CN. The molecule has 16 heavy (non-hydrogen) atoms. The first kappa shape index (κ1) is 15.4. The molecule has 0 fully saturated rings. The molecular formula is C8H17ClN4O2S. The molecular weight excluding hydrogens is 252 g/mol. The maximum Gasteiger partial charge on any atom is 0.258 e. The van der Waals surface area contributed by atoms with Crippen molar-refractivity contribution >= 4 is 22.4 Å². The maximum atomic E-state index is 11.9. The minimum Gasteiger partial charge on any atom is -0.329 e. The minimum atomic E-state index is -3.55. The van der Waals surface area contributed by atoms with Gasteiger partial charge in [-0.05, 0) is 19.9 Å². The lowest BCUT2D eigenvalue weighted by Crippen LogP contribution is -2.49. The largest absolute Gasteiger partial charge is 0.329 e. The van der Waals surface area contributed by atoms with Gasteiger partial charge in [0.2, 0.25) is 0 Å². The van der Waals surface area contributed by atoms with E-state index in [1.165, 1.54) is 16.9 Å². The quantitative estimate of drug-likeness (QED) is 0.795. The minimum absolute atomic E-state index is 0. The van der Waals surface area contributed by atoms with Crippen LogP contribution in [0.2, 0.25) is 0 Å². The third kappa shape index (κ3) is 3.44. The van der Waals surface area contributed by atoms with Gasteiger partial charge in [-0.15, -0.1) is 12.4 Å². The topological polar surface area (TPSA) is 90.0 Å². The average molecular weight is 269 g/mol. The smallest absolute Gasteiger partial charge is 0.258 e. The lowest BCUT2D eigenvalue weighted by Gasteiger charge is -2.23. The Hall–Kier alpha value is -0.630. The van der Waals surface area contributed by atoms with E-state index in [0.717, 1.165) is 0 Å². The van der Waals surface area contributed by atoms with Crippen LogP contribution in [0.3, 0.4) is 0 Å². The summed E-state index contributed by atoms with van der Waals surface area (Å²) in [7, 11) is -1.97. The van der Waals surface area contributed by atoms with E-state index in [2.05, 4.69) is 9.82 Å². The van der Waals surface area contributed by atoms with Gasteiger partial charge in [-0.3, -0.25) is 4.68 Å². The number of nitrogens with zero attached hydrogens (tertiary/aromatic N) is 2. The molecule has 0 spiro atoms. The van der Waals surface area contributed by atoms with E-state index in [9.17, 15) is 8.42 Å². The molecule has 0 bridgehead atoms. The summed E-state index contributed by atoms with van der Waals surface area (Å²) in [6, 6.07) is 1.44. The first-order chi connectivity index (χ1) is 6.78. The van der Waals surface area contributed by atoms with E-state index in [-0.39, 0.29) is 24.0 Å². The van der Waals surface area contributed by atoms with Gasteiger partial charge >= 0.3 is 0 Å². The van der Waals surface area contributed by atoms with Crippen LogP contribution in [0.4, 0.5) is 0 Å². The second kappa shape index (κ2) is 5.13. The first-order valence-corrected chi connectivity index (χ1v) is 5.99. The molecule has 0 radical (unpaired) electrons. The molecule has 0 amide bonds. The van der Waals surface area contributed by atoms with Crippen molar-refractivity contribution in [3.8, 4) is 0 Å². The van der Waals surface area contributed by atoms with Gasteiger partial charge in [0.25, 0.3) is 10.0 Å². The van der Waals surface area contributed by atoms with Gasteiger partial charge in [-0.25, -0.2) is 13.1 Å². The highest BCUT2D eigenvalue weighted by atomic mass is 35.5. The maximum absolute atomic E-state index is 11.9. The second-order valence-electron chi connectivity index (χ2n) is 3.99. The van der Waals surface area contributed by atoms with Gasteiger partial charge < -0.3 is 5.73 Å². The predicted molar refractivity (Wildman–Crippen MR) is 63.9 cm³/mol. The lowest BCUT2D eigenvalue weighted by molar-refractivity contribution is 0.458. The highest BCUT2D eigenvalue weighted by Gasteiger charge is 2.26. The number of aryl methyl sites for hydroxylation is 1. The molecule has 0 saturated heterocycles. The molecule has 0 aliphatic carbocycles. The van der Waals surface area contributed by atoms with Crippen LogP contribution in [-0.4, -0.2) is 30.3 Å². The fourth-order valence-corrected chi connectivity index (χ4v) is 2.63. The van der Waals surface area contributed by atoms with Crippen LogP contribution in [0.1, 0.15) is 13.8 Å². The fraction of sp³-hybridized carbons (Fsp3) is 0.625. The molecule has 94 valence electrons. The number of aromatic nitrogens is 2. The Morgan fingerprint density at radius 1 is 1.56 bits per heavy atom. The van der Waals surface area contributed by atoms with Gasteiger partial charge in [0.1, 0.15) is 0 Å². The highest BCUT2D eigenvalue weighted by Crippen LogP contribution is 2.10. The van der Waals surface area contributed by atoms with Crippen molar-refractivity contribution in [2.45, 2.75) is 24.4 Å². The van der Waals surface area contributed by atoms with Crippen LogP contribution in [0.5, 0.6) is 0 Å². The summed E-state index contributed by atoms with van der Waals surface area (Å²) < 4.78 is 27.5. The van der Waals surface area contributed by atoms with E-state index >= 15 is 0 Å². The van der Waals surface area contributed by atoms with Crippen molar-refractivity contribution in [2.24, 2.45) is 12.8 Å². The van der Waals surface area contributed by atoms with E-state index in [1.807, 2.05) is 0 Å². The third-order valence-corrected chi connectivity index (χ3v) is 3.74. The van der Waals surface area contributed by atoms with Gasteiger partial charge in [-0.1, -0.05) is 0 Å². The summed E-state index contributed by atoms with van der Waals surface area (Å²) in [5, 5.41) is 3.93. The molecule has 0 saturated carbocycles. The predicted octanol–water partition coefficient (Wildman–Crippen LogP) is -0.142. The molecule has 0 aliphatic rings. The zero-order valence-electron chi connectivity index (χ0n) is 9.47. The summed E-state index contributed by atoms with van der Waals surface area (Å²) in [6.45, 7) is 3.67. The van der Waals surface area contributed by atoms with Crippen LogP contribution >= 0.6 is 12.4 Å². The molecule has 1 aromatic heterocycles. The van der Waals surface area contributed by atoms with E-state index < -0.39 is 15.6 Å². The van der Waals surface area contributed by atoms with Crippen molar-refractivity contribution in [2.75, 3.05) is 6.54 Å². The van der Waals surface area contributed by atoms with Crippen LogP contribution in [0.25, 0.3) is 0 Å². The molecule has 0 aliphatic heterocycles. The van der Waals surface area contributed by atoms with Crippen molar-refractivity contribution in [3.63, 3.8) is 0 Å². The van der Waals surface area contributed by atoms with Crippen LogP contribution in [-0.2, 0) is 17.1 Å². The van der Waals surface area contributed by atoms with Crippen molar-refractivity contribution in [3.05, 3.63) is 12.3 Å². The summed E-state index contributed by atoms with van der Waals surface area (Å²) in [5.74, 6) is 0. The molecule has 3 N–H and O–H groups in total. The Morgan fingerprint density at radius 2 is 2.12 bits per heavy atom. The summed E-state index contributed by atoms with van der Waals surface area (Å²) >= 11 is 0. The van der Waals surface area contributed by atoms with Crippen LogP contribution in [0.15, 0.2) is 17.3 Å². The molecule has 0 unspecified atom stereocenters. The van der Waals surface area contributed by atoms with Gasteiger partial charge in [0, 0.05) is 19.1 Å². The number of hydrogen-bond acceptors (Lipinski definition) is 4. The Balaban J connectivity index is 0.00000225. The molecule has 6 nitrogen and oxygen atoms in total. The number of halogens is 1. The van der Waals surface area contributed by atoms with E-state index in [1.54, 1.807) is 20.9 Å². The number of sulfonamides is 1. The monoisotopic (exact) mass is 268 g/mol. The normalized spacial score (nSPS) is 12.2. The average Bonchev–Trinajstić information content (AvgIpc) is 2.50. The van der Waals surface area contributed by atoms with E-state index in [4.69, 9.17) is 5.73 Å². The Bertz CT molecular complexity index is 441. The van der Waals surface area contributed by atoms with Crippen LogP contribution in [0, 0.1) is 0 Å². The number of rotatable bonds is 4. The highest BCUT2D eigenvalue weighted by molar-refractivity contribution is 7.89. The van der Waals surface area contributed by atoms with E-state index in [0.29, 0.717) is 0 Å². The van der Waals surface area contributed by atoms with Gasteiger partial charge in [-0.2, -0.15) is 5.10 Å². The lowest BCUT2D eigenvalue weighted by atomic mass is 10.1. The zero-order valence-corrected chi connectivity index (χ0v) is 11.1. The fourth-order valence-electron chi connectivity index (χ4n) is 1.08. The first-order valence-electron chi connectivity index (χ1n) is 4.50. The van der Waals surface area contributed by atoms with Crippen molar-refractivity contribution < 1.29 is 8.42 Å². The van der Waals surface area contributed by atoms with Gasteiger partial charge in [0.15, 0.2) is 5.03 Å². The molecule has 1 rings (SSSR count). The number of hydrogen-bond donors (Lipinski definition) is 2. The molecule has 0 aromatic carbocycles. The zero-order chi connectivity index (χ0) is 11.7. The number of nitrogens with two attached hydrogens (primary N) is 1. The summed E-state index contributed by atoms with van der Waals surface area (Å²) in [4.78, 5) is 0. The number of nitrogens with one attached hydrogen (secondary N) is 1. The van der Waals surface area contributed by atoms with Crippen LogP contribution < -0.4 is 10.5 Å². The molecule has 1 aromatic rings. The summed E-state index contributed by atoms with van der Waals surface area (Å²) in [5.41, 5.74) is 4.79. The summed E-state index contributed by atoms with van der Waals surface area (Å²) in [6.07, 6.45) is 1.43. The Morgan fingerprint density at radius 3 is 2.50 bits per heavy atom. The molecule has 8 heteroatoms. The third-order valence-electron chi connectivity index (χ3n) is 1.97. The van der Waals surface area contributed by atoms with Crippen molar-refractivity contribution in [1.82, 2.24) is 14.5 Å². The molecule has 1 heterocycles. The standard InChI is InChI=1S/C8H16N4O2S.ClH/c1-8(2,6-9)11-15(13,14)7-4-5-10-12(7)3;/h4-5,11H,6,9H2,1-3H3;1H. The van der Waals surface area contributed by atoms with Gasteiger partial charge in [0.05, 0.1) is 6.20 Å². The Kier molecular flexibility index (Phi) is 4.93. The second-order valence-corrected chi connectivity index (χ2v) is 5.62. The van der Waals surface area contributed by atoms with Crippen molar-refractivity contribution in [1.29, 1.82) is 0 Å².